The Morgan fingerprint density at radius 1 is 1.52 bits per heavy atom. The topological polar surface area (TPSA) is 93.4 Å². The Labute approximate surface area is 128 Å². The van der Waals surface area contributed by atoms with E-state index < -0.39 is 5.60 Å². The number of nitrogens with zero attached hydrogens (tertiary/aromatic N) is 3. The zero-order valence-corrected chi connectivity index (χ0v) is 13.1. The van der Waals surface area contributed by atoms with E-state index in [2.05, 4.69) is 15.3 Å². The highest BCUT2D eigenvalue weighted by Crippen LogP contribution is 2.25. The van der Waals surface area contributed by atoms with Gasteiger partial charge in [-0.15, -0.1) is 0 Å². The van der Waals surface area contributed by atoms with Gasteiger partial charge in [0.05, 0.1) is 0 Å². The molecule has 2 heterocycles. The van der Waals surface area contributed by atoms with Gasteiger partial charge in [-0.3, -0.25) is 0 Å². The molecule has 1 aromatic heterocycles. The van der Waals surface area contributed by atoms with Crippen LogP contribution in [-0.2, 0) is 4.74 Å². The van der Waals surface area contributed by atoms with Crippen LogP contribution in [0.5, 0.6) is 0 Å². The molecule has 116 valence electrons. The predicted molar refractivity (Wildman–Crippen MR) is 81.3 cm³/mol. The van der Waals surface area contributed by atoms with Gasteiger partial charge in [0.2, 0.25) is 0 Å². The number of nitrogens with one attached hydrogen (secondary N) is 1. The number of ether oxygens (including phenoxy) is 1. The van der Waals surface area contributed by atoms with Gasteiger partial charge >= 0.3 is 6.09 Å². The first kappa shape index (κ1) is 15.6. The number of hydrogen-bond donors (Lipinski definition) is 2. The maximum atomic E-state index is 12.0. The molecule has 1 fully saturated rings. The lowest BCUT2D eigenvalue weighted by atomic mass is 10.2. The quantitative estimate of drug-likeness (QED) is 0.868. The van der Waals surface area contributed by atoms with Crippen LogP contribution in [0.1, 0.15) is 27.2 Å². The second kappa shape index (κ2) is 5.93. The van der Waals surface area contributed by atoms with Crippen molar-refractivity contribution < 1.29 is 9.53 Å². The molecule has 0 bridgehead atoms. The molecule has 1 aliphatic rings. The first-order chi connectivity index (χ1) is 9.76. The molecular weight excluding hydrogens is 294 g/mol. The van der Waals surface area contributed by atoms with Crippen LogP contribution in [0.3, 0.4) is 0 Å². The van der Waals surface area contributed by atoms with Crippen LogP contribution < -0.4 is 11.1 Å². The minimum absolute atomic E-state index is 0.0596. The molecule has 1 amide bonds. The third kappa shape index (κ3) is 4.10. The van der Waals surface area contributed by atoms with E-state index >= 15 is 0 Å². The number of aromatic nitrogens is 2. The number of hydrogen-bond acceptors (Lipinski definition) is 6. The van der Waals surface area contributed by atoms with E-state index in [0.717, 1.165) is 6.42 Å². The summed E-state index contributed by atoms with van der Waals surface area (Å²) in [6.07, 6.45) is 1.84. The molecule has 3 N–H and O–H groups in total. The van der Waals surface area contributed by atoms with Crippen LogP contribution in [0, 0.1) is 0 Å². The highest BCUT2D eigenvalue weighted by molar-refractivity contribution is 6.35. The van der Waals surface area contributed by atoms with Crippen LogP contribution in [0.15, 0.2) is 6.33 Å². The maximum Gasteiger partial charge on any atom is 0.410 e. The van der Waals surface area contributed by atoms with Crippen LogP contribution in [0.2, 0.25) is 5.02 Å². The number of nitrogen functional groups attached to an aromatic ring is 1. The minimum Gasteiger partial charge on any atom is -0.444 e. The molecule has 0 unspecified atom stereocenters. The highest BCUT2D eigenvalue weighted by atomic mass is 35.5. The fraction of sp³-hybridized carbons (Fsp3) is 0.615. The summed E-state index contributed by atoms with van der Waals surface area (Å²) in [5.41, 5.74) is 5.14. The van der Waals surface area contributed by atoms with Crippen LogP contribution in [0.4, 0.5) is 16.4 Å². The van der Waals surface area contributed by atoms with Crippen molar-refractivity contribution in [3.8, 4) is 0 Å². The molecule has 8 heteroatoms. The average molecular weight is 314 g/mol. The van der Waals surface area contributed by atoms with Gasteiger partial charge in [-0.2, -0.15) is 0 Å². The molecular formula is C13H20ClN5O2. The molecule has 0 aliphatic carbocycles. The van der Waals surface area contributed by atoms with Crippen molar-refractivity contribution in [3.63, 3.8) is 0 Å². The van der Waals surface area contributed by atoms with Crippen molar-refractivity contribution in [3.05, 3.63) is 11.3 Å². The lowest BCUT2D eigenvalue weighted by Crippen LogP contribution is -2.36. The SMILES string of the molecule is CC(C)(C)OC(=O)N1CC[C@@H](Nc2ncnc(N)c2Cl)C1. The van der Waals surface area contributed by atoms with E-state index in [4.69, 9.17) is 22.1 Å². The summed E-state index contributed by atoms with van der Waals surface area (Å²) in [6.45, 7) is 6.71. The van der Waals surface area contributed by atoms with Gasteiger partial charge in [-0.1, -0.05) is 11.6 Å². The van der Waals surface area contributed by atoms with Gasteiger partial charge in [-0.25, -0.2) is 14.8 Å². The van der Waals surface area contributed by atoms with Crippen LogP contribution in [0.25, 0.3) is 0 Å². The Bertz CT molecular complexity index is 532. The van der Waals surface area contributed by atoms with Gasteiger partial charge in [0.25, 0.3) is 0 Å². The first-order valence-corrected chi connectivity index (χ1v) is 7.14. The van der Waals surface area contributed by atoms with E-state index in [9.17, 15) is 4.79 Å². The number of carbonyl (C=O) groups excluding carboxylic acids is 1. The average Bonchev–Trinajstić information content (AvgIpc) is 2.82. The Hall–Kier alpha value is -1.76. The zero-order chi connectivity index (χ0) is 15.6. The molecule has 1 aromatic rings. The number of rotatable bonds is 2. The molecule has 0 radical (unpaired) electrons. The number of carbonyl (C=O) groups is 1. The van der Waals surface area contributed by atoms with Gasteiger partial charge in [0, 0.05) is 19.1 Å². The zero-order valence-electron chi connectivity index (χ0n) is 12.4. The molecule has 0 aromatic carbocycles. The van der Waals surface area contributed by atoms with E-state index in [1.54, 1.807) is 4.90 Å². The fourth-order valence-corrected chi connectivity index (χ4v) is 2.20. The van der Waals surface area contributed by atoms with Crippen LogP contribution >= 0.6 is 11.6 Å². The van der Waals surface area contributed by atoms with Gasteiger partial charge in [0.1, 0.15) is 22.8 Å². The number of nitrogens with two attached hydrogens (primary N) is 1. The highest BCUT2D eigenvalue weighted by Gasteiger charge is 2.30. The summed E-state index contributed by atoms with van der Waals surface area (Å²) in [6, 6.07) is 0.0596. The molecule has 21 heavy (non-hydrogen) atoms. The first-order valence-electron chi connectivity index (χ1n) is 6.76. The third-order valence-electron chi connectivity index (χ3n) is 3.00. The number of anilines is 2. The van der Waals surface area contributed by atoms with Gasteiger partial charge in [0.15, 0.2) is 5.82 Å². The Morgan fingerprint density at radius 2 is 2.24 bits per heavy atom. The van der Waals surface area contributed by atoms with Crippen molar-refractivity contribution in [2.24, 2.45) is 0 Å². The molecule has 1 atom stereocenters. The van der Waals surface area contributed by atoms with E-state index in [1.165, 1.54) is 6.33 Å². The van der Waals surface area contributed by atoms with E-state index in [0.29, 0.717) is 23.9 Å². The monoisotopic (exact) mass is 313 g/mol. The Kier molecular flexibility index (Phi) is 4.41. The standard InChI is InChI=1S/C13H20ClN5O2/c1-13(2,3)21-12(20)19-5-4-8(6-19)18-11-9(14)10(15)16-7-17-11/h7-8H,4-6H2,1-3H3,(H3,15,16,17,18)/t8-/m1/s1. The van der Waals surface area contributed by atoms with Crippen molar-refractivity contribution in [2.45, 2.75) is 38.8 Å². The fourth-order valence-electron chi connectivity index (χ4n) is 2.05. The third-order valence-corrected chi connectivity index (χ3v) is 3.37. The Balaban J connectivity index is 1.94. The predicted octanol–water partition coefficient (Wildman–Crippen LogP) is 2.13. The number of amides is 1. The number of halogens is 1. The summed E-state index contributed by atoms with van der Waals surface area (Å²) < 4.78 is 5.35. The summed E-state index contributed by atoms with van der Waals surface area (Å²) in [5.74, 6) is 0.719. The van der Waals surface area contributed by atoms with E-state index in [-0.39, 0.29) is 18.0 Å². The summed E-state index contributed by atoms with van der Waals surface area (Å²) in [4.78, 5) is 21.5. The van der Waals surface area contributed by atoms with Gasteiger partial charge in [-0.05, 0) is 27.2 Å². The van der Waals surface area contributed by atoms with Crippen molar-refractivity contribution in [1.82, 2.24) is 14.9 Å². The number of likely N-dealkylation sites (tertiary alicyclic amines) is 1. The molecule has 1 aliphatic heterocycles. The Morgan fingerprint density at radius 3 is 2.90 bits per heavy atom. The summed E-state index contributed by atoms with van der Waals surface area (Å²) in [7, 11) is 0. The lowest BCUT2D eigenvalue weighted by molar-refractivity contribution is 0.0293. The van der Waals surface area contributed by atoms with E-state index in [1.807, 2.05) is 20.8 Å². The molecule has 0 saturated carbocycles. The second-order valence-corrected chi connectivity index (χ2v) is 6.36. The maximum absolute atomic E-state index is 12.0. The molecule has 7 nitrogen and oxygen atoms in total. The second-order valence-electron chi connectivity index (χ2n) is 5.98. The van der Waals surface area contributed by atoms with Crippen LogP contribution in [-0.4, -0.2) is 45.7 Å². The van der Waals surface area contributed by atoms with Crippen molar-refractivity contribution >= 4 is 29.3 Å². The lowest BCUT2D eigenvalue weighted by Gasteiger charge is -2.24. The largest absolute Gasteiger partial charge is 0.444 e. The molecule has 1 saturated heterocycles. The smallest absolute Gasteiger partial charge is 0.410 e. The van der Waals surface area contributed by atoms with Crippen molar-refractivity contribution in [2.75, 3.05) is 24.1 Å². The normalized spacial score (nSPS) is 18.7. The molecule has 2 rings (SSSR count). The summed E-state index contributed by atoms with van der Waals surface area (Å²) in [5, 5.41) is 3.48. The molecule has 0 spiro atoms. The van der Waals surface area contributed by atoms with Crippen molar-refractivity contribution in [1.29, 1.82) is 0 Å². The summed E-state index contributed by atoms with van der Waals surface area (Å²) >= 11 is 6.04. The van der Waals surface area contributed by atoms with Gasteiger partial charge < -0.3 is 20.7 Å². The minimum atomic E-state index is -0.493.